The van der Waals surface area contributed by atoms with Crippen LogP contribution in [0.15, 0.2) is 15.1 Å². The first-order valence-electron chi connectivity index (χ1n) is 6.03. The zero-order chi connectivity index (χ0) is 15.2. The summed E-state index contributed by atoms with van der Waals surface area (Å²) in [7, 11) is 0. The van der Waals surface area contributed by atoms with Crippen molar-refractivity contribution in [3.8, 4) is 0 Å². The van der Waals surface area contributed by atoms with E-state index in [0.717, 1.165) is 0 Å². The van der Waals surface area contributed by atoms with E-state index in [1.54, 1.807) is 13.0 Å². The molecule has 0 saturated carbocycles. The van der Waals surface area contributed by atoms with E-state index in [2.05, 4.69) is 25.9 Å². The Hall–Kier alpha value is -2.75. The fourth-order valence-corrected chi connectivity index (χ4v) is 1.42. The molecule has 10 heteroatoms. The first-order chi connectivity index (χ1) is 10.1. The number of aromatic nitrogens is 3. The van der Waals surface area contributed by atoms with Gasteiger partial charge in [-0.15, -0.1) is 0 Å². The lowest BCUT2D eigenvalue weighted by Crippen LogP contribution is -2.26. The van der Waals surface area contributed by atoms with Gasteiger partial charge < -0.3 is 24.8 Å². The van der Waals surface area contributed by atoms with E-state index in [9.17, 15) is 9.59 Å². The third kappa shape index (κ3) is 4.11. The molecule has 112 valence electrons. The van der Waals surface area contributed by atoms with Crippen molar-refractivity contribution in [3.05, 3.63) is 23.5 Å². The van der Waals surface area contributed by atoms with Crippen molar-refractivity contribution in [1.29, 1.82) is 0 Å². The van der Waals surface area contributed by atoms with Crippen LogP contribution in [0.2, 0.25) is 0 Å². The zero-order valence-electron chi connectivity index (χ0n) is 11.1. The highest BCUT2D eigenvalue weighted by Crippen LogP contribution is 2.07. The molecule has 0 aromatic carbocycles. The second-order valence-corrected chi connectivity index (χ2v) is 4.04. The topological polar surface area (TPSA) is 143 Å². The summed E-state index contributed by atoms with van der Waals surface area (Å²) in [4.78, 5) is 26.9. The predicted octanol–water partition coefficient (Wildman–Crippen LogP) is -0.731. The summed E-state index contributed by atoms with van der Waals surface area (Å²) in [5.41, 5.74) is 0. The lowest BCUT2D eigenvalue weighted by Gasteiger charge is -1.97. The molecule has 2 amide bonds. The maximum absolute atomic E-state index is 11.7. The zero-order valence-corrected chi connectivity index (χ0v) is 11.1. The number of aliphatic hydroxyl groups is 1. The molecule has 10 nitrogen and oxygen atoms in total. The van der Waals surface area contributed by atoms with Gasteiger partial charge in [-0.2, -0.15) is 4.98 Å². The highest BCUT2D eigenvalue weighted by Gasteiger charge is 2.17. The van der Waals surface area contributed by atoms with Gasteiger partial charge in [-0.3, -0.25) is 9.59 Å². The van der Waals surface area contributed by atoms with Crippen LogP contribution in [0.4, 0.5) is 5.82 Å². The Bertz CT molecular complexity index is 634. The van der Waals surface area contributed by atoms with Crippen LogP contribution in [0.5, 0.6) is 0 Å². The number of carbonyl (C=O) groups excluding carboxylic acids is 2. The van der Waals surface area contributed by atoms with Gasteiger partial charge in [0, 0.05) is 12.6 Å². The van der Waals surface area contributed by atoms with Crippen molar-refractivity contribution in [3.63, 3.8) is 0 Å². The Labute approximate surface area is 118 Å². The number of rotatable bonds is 6. The van der Waals surface area contributed by atoms with Gasteiger partial charge in [0.15, 0.2) is 11.6 Å². The fraction of sp³-hybridized carbons (Fsp3) is 0.364. The third-order valence-electron chi connectivity index (χ3n) is 2.27. The van der Waals surface area contributed by atoms with Gasteiger partial charge in [0.25, 0.3) is 0 Å². The van der Waals surface area contributed by atoms with E-state index < -0.39 is 11.8 Å². The minimum atomic E-state index is -0.615. The molecule has 3 N–H and O–H groups in total. The van der Waals surface area contributed by atoms with Crippen LogP contribution in [-0.4, -0.2) is 45.4 Å². The lowest BCUT2D eigenvalue weighted by atomic mass is 10.3. The number of anilines is 1. The number of aryl methyl sites for hydroxylation is 1. The Balaban J connectivity index is 1.89. The average Bonchev–Trinajstić information content (AvgIpc) is 3.05. The minimum absolute atomic E-state index is 0.0573. The molecular weight excluding hydrogens is 282 g/mol. The summed E-state index contributed by atoms with van der Waals surface area (Å²) in [6.07, 6.45) is -0.178. The van der Waals surface area contributed by atoms with Gasteiger partial charge in [0.05, 0.1) is 13.0 Å². The average molecular weight is 295 g/mol. The molecule has 2 heterocycles. The van der Waals surface area contributed by atoms with Crippen LogP contribution in [-0.2, 0) is 11.2 Å². The van der Waals surface area contributed by atoms with E-state index in [-0.39, 0.29) is 37.1 Å². The number of hydrogen-bond acceptors (Lipinski definition) is 8. The molecular formula is C11H13N5O5. The summed E-state index contributed by atoms with van der Waals surface area (Å²) in [6, 6.07) is 1.56. The molecule has 0 radical (unpaired) electrons. The monoisotopic (exact) mass is 295 g/mol. The summed E-state index contributed by atoms with van der Waals surface area (Å²) < 4.78 is 9.51. The molecule has 0 fully saturated rings. The van der Waals surface area contributed by atoms with Gasteiger partial charge in [0.2, 0.25) is 5.91 Å². The number of hydrogen-bond donors (Lipinski definition) is 3. The standard InChI is InChI=1S/C11H13N5O5/c1-6-4-7(15-20-6)13-9(18)5-8-14-11(21-16-8)10(19)12-2-3-17/h4,17H,2-3,5H2,1H3,(H,12,19)(H,13,15,18). The number of nitrogens with one attached hydrogen (secondary N) is 2. The number of nitrogens with zero attached hydrogens (tertiary/aromatic N) is 3. The van der Waals surface area contributed by atoms with Crippen molar-refractivity contribution in [1.82, 2.24) is 20.6 Å². The van der Waals surface area contributed by atoms with Gasteiger partial charge in [-0.25, -0.2) is 0 Å². The molecule has 2 aromatic heterocycles. The fourth-order valence-electron chi connectivity index (χ4n) is 1.42. The van der Waals surface area contributed by atoms with Crippen molar-refractivity contribution < 1.29 is 23.7 Å². The molecule has 0 bridgehead atoms. The molecule has 21 heavy (non-hydrogen) atoms. The normalized spacial score (nSPS) is 10.4. The van der Waals surface area contributed by atoms with Crippen LogP contribution in [0.1, 0.15) is 22.3 Å². The number of amides is 2. The number of aliphatic hydroxyl groups excluding tert-OH is 1. The Morgan fingerprint density at radius 1 is 1.33 bits per heavy atom. The second-order valence-electron chi connectivity index (χ2n) is 4.04. The molecule has 0 unspecified atom stereocenters. The van der Waals surface area contributed by atoms with Crippen molar-refractivity contribution in [2.75, 3.05) is 18.5 Å². The summed E-state index contributed by atoms with van der Waals surface area (Å²) in [5.74, 6) is -0.415. The van der Waals surface area contributed by atoms with Crippen LogP contribution in [0, 0.1) is 6.92 Å². The Morgan fingerprint density at radius 2 is 2.14 bits per heavy atom. The van der Waals surface area contributed by atoms with E-state index in [1.807, 2.05) is 0 Å². The maximum atomic E-state index is 11.7. The molecule has 0 spiro atoms. The predicted molar refractivity (Wildman–Crippen MR) is 67.3 cm³/mol. The molecule has 0 aliphatic heterocycles. The summed E-state index contributed by atoms with van der Waals surface area (Å²) >= 11 is 0. The summed E-state index contributed by atoms with van der Waals surface area (Å²) in [6.45, 7) is 1.56. The number of carbonyl (C=O) groups is 2. The minimum Gasteiger partial charge on any atom is -0.395 e. The van der Waals surface area contributed by atoms with Crippen LogP contribution in [0.25, 0.3) is 0 Å². The first-order valence-corrected chi connectivity index (χ1v) is 6.03. The molecule has 0 aliphatic rings. The second kappa shape index (κ2) is 6.61. The van der Waals surface area contributed by atoms with Crippen molar-refractivity contribution in [2.24, 2.45) is 0 Å². The smallest absolute Gasteiger partial charge is 0.315 e. The molecule has 2 rings (SSSR count). The SMILES string of the molecule is Cc1cc(NC(=O)Cc2noc(C(=O)NCCO)n2)no1. The van der Waals surface area contributed by atoms with Gasteiger partial charge >= 0.3 is 11.8 Å². The Kier molecular flexibility index (Phi) is 4.61. The molecule has 0 atom stereocenters. The van der Waals surface area contributed by atoms with Crippen LogP contribution < -0.4 is 10.6 Å². The molecule has 0 aliphatic carbocycles. The van der Waals surface area contributed by atoms with E-state index in [4.69, 9.17) is 14.2 Å². The maximum Gasteiger partial charge on any atom is 0.315 e. The highest BCUT2D eigenvalue weighted by molar-refractivity contribution is 5.91. The van der Waals surface area contributed by atoms with E-state index >= 15 is 0 Å². The third-order valence-corrected chi connectivity index (χ3v) is 2.27. The van der Waals surface area contributed by atoms with Crippen molar-refractivity contribution in [2.45, 2.75) is 13.3 Å². The van der Waals surface area contributed by atoms with Crippen molar-refractivity contribution >= 4 is 17.6 Å². The first kappa shape index (κ1) is 14.7. The van der Waals surface area contributed by atoms with Gasteiger partial charge in [0.1, 0.15) is 5.76 Å². The summed E-state index contributed by atoms with van der Waals surface area (Å²) in [5, 5.41) is 20.5. The highest BCUT2D eigenvalue weighted by atomic mass is 16.5. The quantitative estimate of drug-likeness (QED) is 0.632. The van der Waals surface area contributed by atoms with E-state index in [1.165, 1.54) is 0 Å². The van der Waals surface area contributed by atoms with E-state index in [0.29, 0.717) is 5.76 Å². The van der Waals surface area contributed by atoms with Crippen LogP contribution >= 0.6 is 0 Å². The molecule has 2 aromatic rings. The van der Waals surface area contributed by atoms with Gasteiger partial charge in [-0.1, -0.05) is 10.3 Å². The largest absolute Gasteiger partial charge is 0.395 e. The Morgan fingerprint density at radius 3 is 2.81 bits per heavy atom. The molecule has 0 saturated heterocycles. The van der Waals surface area contributed by atoms with Crippen LogP contribution in [0.3, 0.4) is 0 Å². The lowest BCUT2D eigenvalue weighted by molar-refractivity contribution is -0.115. The van der Waals surface area contributed by atoms with Gasteiger partial charge in [-0.05, 0) is 6.92 Å².